The van der Waals surface area contributed by atoms with E-state index in [1.165, 1.54) is 0 Å². The quantitative estimate of drug-likeness (QED) is 0.521. The maximum Gasteiger partial charge on any atom is 0.343 e. The number of benzene rings is 2. The predicted octanol–water partition coefficient (Wildman–Crippen LogP) is 2.94. The Balaban J connectivity index is 1.80. The number of fused-ring (bicyclic) bond motifs is 3. The molecule has 130 valence electrons. The Kier molecular flexibility index (Phi) is 3.09. The summed E-state index contributed by atoms with van der Waals surface area (Å²) < 4.78 is 18.0. The summed E-state index contributed by atoms with van der Waals surface area (Å²) in [6.07, 6.45) is 1.60. The van der Waals surface area contributed by atoms with Crippen LogP contribution >= 0.6 is 0 Å². The van der Waals surface area contributed by atoms with Gasteiger partial charge in [0, 0.05) is 23.7 Å². The molecule has 5 rings (SSSR count). The Morgan fingerprint density at radius 2 is 2.00 bits per heavy atom. The molecule has 0 amide bonds. The minimum atomic E-state index is -0.593. The third kappa shape index (κ3) is 1.98. The van der Waals surface area contributed by atoms with Crippen LogP contribution in [0.25, 0.3) is 22.0 Å². The van der Waals surface area contributed by atoms with Crippen molar-refractivity contribution in [3.8, 4) is 22.6 Å². The van der Waals surface area contributed by atoms with Gasteiger partial charge in [-0.2, -0.15) is 0 Å². The van der Waals surface area contributed by atoms with Gasteiger partial charge in [-0.05, 0) is 36.2 Å². The molecule has 3 aromatic rings. The molecule has 2 aliphatic rings. The standard InChI is InChI=1S/C20H15NO5/c1-2-24-20(23)15-9-21-8-11-6-16-17(26-10-25-16)7-14(11)12-4-3-5-13(18(12)21)19(15)22/h3-7,9H,2,8,10H2,1H3. The van der Waals surface area contributed by atoms with E-state index < -0.39 is 5.97 Å². The van der Waals surface area contributed by atoms with Gasteiger partial charge in [0.1, 0.15) is 5.56 Å². The molecule has 3 heterocycles. The molecule has 0 aliphatic carbocycles. The number of para-hydroxylation sites is 1. The first-order valence-corrected chi connectivity index (χ1v) is 8.43. The second-order valence-electron chi connectivity index (χ2n) is 6.28. The summed E-state index contributed by atoms with van der Waals surface area (Å²) in [6.45, 7) is 2.69. The van der Waals surface area contributed by atoms with E-state index in [0.29, 0.717) is 23.4 Å². The van der Waals surface area contributed by atoms with Gasteiger partial charge in [0.2, 0.25) is 12.2 Å². The number of nitrogens with zero attached hydrogens (tertiary/aromatic N) is 1. The van der Waals surface area contributed by atoms with Crippen LogP contribution in [0.1, 0.15) is 22.8 Å². The van der Waals surface area contributed by atoms with E-state index in [9.17, 15) is 9.59 Å². The first-order chi connectivity index (χ1) is 12.7. The molecule has 0 saturated carbocycles. The number of aromatic nitrogens is 1. The van der Waals surface area contributed by atoms with Gasteiger partial charge in [0.25, 0.3) is 0 Å². The third-order valence-corrected chi connectivity index (χ3v) is 4.82. The van der Waals surface area contributed by atoms with Crippen LogP contribution in [-0.4, -0.2) is 23.9 Å². The summed E-state index contributed by atoms with van der Waals surface area (Å²) in [6, 6.07) is 9.47. The molecule has 0 bridgehead atoms. The molecule has 0 saturated heterocycles. The average molecular weight is 349 g/mol. The molecule has 0 N–H and O–H groups in total. The highest BCUT2D eigenvalue weighted by Gasteiger charge is 2.26. The Morgan fingerprint density at radius 1 is 1.19 bits per heavy atom. The van der Waals surface area contributed by atoms with Crippen LogP contribution in [0.2, 0.25) is 0 Å². The van der Waals surface area contributed by atoms with Gasteiger partial charge in [-0.15, -0.1) is 0 Å². The first-order valence-electron chi connectivity index (χ1n) is 8.43. The number of carbonyl (C=O) groups is 1. The van der Waals surface area contributed by atoms with Crippen molar-refractivity contribution in [1.29, 1.82) is 0 Å². The minimum Gasteiger partial charge on any atom is -0.462 e. The second-order valence-corrected chi connectivity index (χ2v) is 6.28. The molecular weight excluding hydrogens is 334 g/mol. The number of esters is 1. The van der Waals surface area contributed by atoms with E-state index in [1.807, 2.05) is 28.8 Å². The fourth-order valence-corrected chi connectivity index (χ4v) is 3.71. The molecule has 6 heteroatoms. The zero-order valence-corrected chi connectivity index (χ0v) is 14.1. The monoisotopic (exact) mass is 349 g/mol. The lowest BCUT2D eigenvalue weighted by Crippen LogP contribution is -2.22. The number of pyridine rings is 1. The summed E-state index contributed by atoms with van der Waals surface area (Å²) in [5, 5.41) is 0.511. The molecule has 6 nitrogen and oxygen atoms in total. The van der Waals surface area contributed by atoms with Gasteiger partial charge in [0.15, 0.2) is 11.5 Å². The number of ether oxygens (including phenoxy) is 3. The zero-order chi connectivity index (χ0) is 17.8. The van der Waals surface area contributed by atoms with Gasteiger partial charge >= 0.3 is 5.97 Å². The molecular formula is C20H15NO5. The van der Waals surface area contributed by atoms with Crippen molar-refractivity contribution in [3.05, 3.63) is 57.9 Å². The average Bonchev–Trinajstić information content (AvgIpc) is 3.10. The van der Waals surface area contributed by atoms with Gasteiger partial charge in [-0.25, -0.2) is 4.79 Å². The fraction of sp³-hybridized carbons (Fsp3) is 0.200. The predicted molar refractivity (Wildman–Crippen MR) is 94.8 cm³/mol. The highest BCUT2D eigenvalue weighted by Crippen LogP contribution is 2.43. The molecule has 0 unspecified atom stereocenters. The van der Waals surface area contributed by atoms with Gasteiger partial charge in [-0.3, -0.25) is 4.79 Å². The van der Waals surface area contributed by atoms with Crippen LogP contribution in [0.5, 0.6) is 11.5 Å². The molecule has 1 aromatic heterocycles. The molecule has 2 aliphatic heterocycles. The number of hydrogen-bond acceptors (Lipinski definition) is 5. The van der Waals surface area contributed by atoms with Crippen LogP contribution in [0.3, 0.4) is 0 Å². The summed E-state index contributed by atoms with van der Waals surface area (Å²) in [7, 11) is 0. The second kappa shape index (κ2) is 5.36. The van der Waals surface area contributed by atoms with Crippen LogP contribution in [-0.2, 0) is 11.3 Å². The third-order valence-electron chi connectivity index (χ3n) is 4.82. The van der Waals surface area contributed by atoms with E-state index in [-0.39, 0.29) is 24.4 Å². The Labute approximate surface area is 148 Å². The highest BCUT2D eigenvalue weighted by atomic mass is 16.7. The number of rotatable bonds is 2. The van der Waals surface area contributed by atoms with E-state index in [4.69, 9.17) is 14.2 Å². The Hall–Kier alpha value is -3.28. The van der Waals surface area contributed by atoms with Gasteiger partial charge in [0.05, 0.1) is 12.1 Å². The van der Waals surface area contributed by atoms with Crippen molar-refractivity contribution in [3.63, 3.8) is 0 Å². The lowest BCUT2D eigenvalue weighted by molar-refractivity contribution is 0.0524. The minimum absolute atomic E-state index is 0.0562. The first kappa shape index (κ1) is 15.0. The maximum atomic E-state index is 12.8. The van der Waals surface area contributed by atoms with E-state index in [1.54, 1.807) is 19.2 Å². The van der Waals surface area contributed by atoms with Crippen molar-refractivity contribution < 1.29 is 19.0 Å². The largest absolute Gasteiger partial charge is 0.462 e. The summed E-state index contributed by atoms with van der Waals surface area (Å²) in [5.74, 6) is 0.829. The molecule has 2 aromatic carbocycles. The van der Waals surface area contributed by atoms with Crippen LogP contribution < -0.4 is 14.9 Å². The van der Waals surface area contributed by atoms with Gasteiger partial charge in [-0.1, -0.05) is 12.1 Å². The molecule has 0 spiro atoms. The number of carbonyl (C=O) groups excluding carboxylic acids is 1. The lowest BCUT2D eigenvalue weighted by atomic mass is 9.92. The van der Waals surface area contributed by atoms with Crippen LogP contribution in [0, 0.1) is 0 Å². The van der Waals surface area contributed by atoms with Crippen molar-refractivity contribution >= 4 is 16.9 Å². The molecule has 0 atom stereocenters. The van der Waals surface area contributed by atoms with Crippen molar-refractivity contribution in [2.24, 2.45) is 0 Å². The fourth-order valence-electron chi connectivity index (χ4n) is 3.71. The van der Waals surface area contributed by atoms with Crippen LogP contribution in [0.15, 0.2) is 41.3 Å². The normalized spacial score (nSPS) is 13.6. The molecule has 0 radical (unpaired) electrons. The van der Waals surface area contributed by atoms with E-state index in [2.05, 4.69) is 0 Å². The summed E-state index contributed by atoms with van der Waals surface area (Å²) in [4.78, 5) is 25.0. The van der Waals surface area contributed by atoms with Crippen molar-refractivity contribution in [2.45, 2.75) is 13.5 Å². The van der Waals surface area contributed by atoms with Crippen LogP contribution in [0.4, 0.5) is 0 Å². The summed E-state index contributed by atoms with van der Waals surface area (Å²) in [5.41, 5.74) is 3.57. The Bertz CT molecular complexity index is 1150. The Morgan fingerprint density at radius 3 is 2.81 bits per heavy atom. The molecule has 26 heavy (non-hydrogen) atoms. The lowest BCUT2D eigenvalue weighted by Gasteiger charge is -2.23. The zero-order valence-electron chi connectivity index (χ0n) is 14.1. The van der Waals surface area contributed by atoms with Crippen molar-refractivity contribution in [1.82, 2.24) is 4.57 Å². The SMILES string of the molecule is CCOC(=O)c1cn2c3c(cccc3c1=O)-c1cc3c(cc1C2)OCO3. The topological polar surface area (TPSA) is 66.8 Å². The highest BCUT2D eigenvalue weighted by molar-refractivity contribution is 6.00. The van der Waals surface area contributed by atoms with Gasteiger partial charge < -0.3 is 18.8 Å². The summed E-state index contributed by atoms with van der Waals surface area (Å²) >= 11 is 0. The van der Waals surface area contributed by atoms with E-state index >= 15 is 0 Å². The van der Waals surface area contributed by atoms with E-state index in [0.717, 1.165) is 22.2 Å². The maximum absolute atomic E-state index is 12.8. The smallest absolute Gasteiger partial charge is 0.343 e. The van der Waals surface area contributed by atoms with Crippen molar-refractivity contribution in [2.75, 3.05) is 13.4 Å². The molecule has 0 fully saturated rings. The number of hydrogen-bond donors (Lipinski definition) is 0.